The van der Waals surface area contributed by atoms with Crippen LogP contribution in [0.15, 0.2) is 67.5 Å². The molecule has 1 aromatic heterocycles. The van der Waals surface area contributed by atoms with Crippen molar-refractivity contribution in [3.63, 3.8) is 0 Å². The molecular weight excluding hydrogens is 364 g/mol. The van der Waals surface area contributed by atoms with Crippen LogP contribution in [0.4, 0.5) is 0 Å². The van der Waals surface area contributed by atoms with Gasteiger partial charge >= 0.3 is 5.63 Å². The number of ether oxygens (including phenoxy) is 2. The highest BCUT2D eigenvalue weighted by molar-refractivity contribution is 7.99. The first kappa shape index (κ1) is 17.5. The molecule has 0 radical (unpaired) electrons. The van der Waals surface area contributed by atoms with Gasteiger partial charge in [0.1, 0.15) is 16.4 Å². The Labute approximate surface area is 160 Å². The summed E-state index contributed by atoms with van der Waals surface area (Å²) in [6.07, 6.45) is 0. The molecular formula is C21H18O5S. The zero-order chi connectivity index (χ0) is 19.0. The number of aromatic hydroxyl groups is 1. The van der Waals surface area contributed by atoms with E-state index in [-0.39, 0.29) is 23.2 Å². The summed E-state index contributed by atoms with van der Waals surface area (Å²) in [6.45, 7) is 4.34. The van der Waals surface area contributed by atoms with Crippen molar-refractivity contribution >= 4 is 11.8 Å². The predicted molar refractivity (Wildman–Crippen MR) is 103 cm³/mol. The number of rotatable bonds is 4. The summed E-state index contributed by atoms with van der Waals surface area (Å²) in [6, 6.07) is 14.5. The maximum absolute atomic E-state index is 12.5. The van der Waals surface area contributed by atoms with Crippen LogP contribution in [0, 0.1) is 0 Å². The molecule has 4 rings (SSSR count). The Bertz CT molecular complexity index is 1050. The average molecular weight is 382 g/mol. The van der Waals surface area contributed by atoms with Crippen LogP contribution in [0.2, 0.25) is 0 Å². The molecule has 0 unspecified atom stereocenters. The fraction of sp³-hybridized carbons (Fsp3) is 0.190. The largest absolute Gasteiger partial charge is 0.506 e. The van der Waals surface area contributed by atoms with E-state index in [2.05, 4.69) is 13.8 Å². The van der Waals surface area contributed by atoms with Crippen molar-refractivity contribution in [2.75, 3.05) is 6.79 Å². The van der Waals surface area contributed by atoms with Crippen LogP contribution >= 0.6 is 11.8 Å². The third kappa shape index (κ3) is 3.40. The van der Waals surface area contributed by atoms with Crippen molar-refractivity contribution in [3.05, 3.63) is 64.5 Å². The minimum atomic E-state index is -0.578. The van der Waals surface area contributed by atoms with Crippen LogP contribution in [0.3, 0.4) is 0 Å². The standard InChI is InChI=1S/C21H18O5S/c1-12(2)14-5-3-4-6-19(14)27-20-15(22)10-17(26-21(20)23)13-7-8-16-18(9-13)25-11-24-16/h3-10,12,22H,11H2,1-2H3. The summed E-state index contributed by atoms with van der Waals surface area (Å²) < 4.78 is 16.1. The van der Waals surface area contributed by atoms with Gasteiger partial charge in [0.15, 0.2) is 11.5 Å². The summed E-state index contributed by atoms with van der Waals surface area (Å²) >= 11 is 1.22. The molecule has 3 aromatic rings. The molecule has 0 amide bonds. The van der Waals surface area contributed by atoms with Crippen molar-refractivity contribution < 1.29 is 19.0 Å². The molecule has 0 spiro atoms. The molecule has 27 heavy (non-hydrogen) atoms. The lowest BCUT2D eigenvalue weighted by Crippen LogP contribution is -2.03. The van der Waals surface area contributed by atoms with Crippen LogP contribution in [0.1, 0.15) is 25.3 Å². The van der Waals surface area contributed by atoms with Crippen LogP contribution in [-0.4, -0.2) is 11.9 Å². The van der Waals surface area contributed by atoms with Gasteiger partial charge in [0.2, 0.25) is 6.79 Å². The smallest absolute Gasteiger partial charge is 0.354 e. The van der Waals surface area contributed by atoms with Crippen LogP contribution in [-0.2, 0) is 0 Å². The molecule has 0 saturated carbocycles. The van der Waals surface area contributed by atoms with Crippen LogP contribution in [0.25, 0.3) is 11.3 Å². The van der Waals surface area contributed by atoms with Crippen LogP contribution < -0.4 is 15.1 Å². The summed E-state index contributed by atoms with van der Waals surface area (Å²) in [5.74, 6) is 1.69. The van der Waals surface area contributed by atoms with Gasteiger partial charge < -0.3 is 19.0 Å². The SMILES string of the molecule is CC(C)c1ccccc1Sc1c(O)cc(-c2ccc3c(c2)OCO3)oc1=O. The van der Waals surface area contributed by atoms with E-state index in [0.29, 0.717) is 23.0 Å². The Morgan fingerprint density at radius 1 is 1.04 bits per heavy atom. The monoisotopic (exact) mass is 382 g/mol. The molecule has 1 N–H and O–H groups in total. The molecule has 0 saturated heterocycles. The molecule has 1 aliphatic heterocycles. The minimum Gasteiger partial charge on any atom is -0.506 e. The zero-order valence-electron chi connectivity index (χ0n) is 14.9. The Hall–Kier alpha value is -2.86. The van der Waals surface area contributed by atoms with Crippen molar-refractivity contribution in [2.24, 2.45) is 0 Å². The minimum absolute atomic E-state index is 0.109. The second-order valence-electron chi connectivity index (χ2n) is 6.48. The topological polar surface area (TPSA) is 68.9 Å². The molecule has 0 atom stereocenters. The Balaban J connectivity index is 1.70. The van der Waals surface area contributed by atoms with Crippen molar-refractivity contribution in [1.82, 2.24) is 0 Å². The van der Waals surface area contributed by atoms with Crippen LogP contribution in [0.5, 0.6) is 17.2 Å². The number of hydrogen-bond donors (Lipinski definition) is 1. The van der Waals surface area contributed by atoms with Gasteiger partial charge in [-0.1, -0.05) is 43.8 Å². The van der Waals surface area contributed by atoms with Gasteiger partial charge in [-0.2, -0.15) is 0 Å². The molecule has 2 heterocycles. The number of hydrogen-bond acceptors (Lipinski definition) is 6. The fourth-order valence-corrected chi connectivity index (χ4v) is 3.99. The molecule has 1 aliphatic rings. The highest BCUT2D eigenvalue weighted by atomic mass is 32.2. The molecule has 0 bridgehead atoms. The van der Waals surface area contributed by atoms with Gasteiger partial charge in [0.25, 0.3) is 0 Å². The normalized spacial score (nSPS) is 12.6. The first-order valence-electron chi connectivity index (χ1n) is 8.57. The second kappa shape index (κ2) is 7.04. The quantitative estimate of drug-likeness (QED) is 0.684. The molecule has 0 aliphatic carbocycles. The van der Waals surface area contributed by atoms with Gasteiger partial charge in [-0.25, -0.2) is 4.79 Å². The lowest BCUT2D eigenvalue weighted by atomic mass is 10.0. The van der Waals surface area contributed by atoms with E-state index >= 15 is 0 Å². The highest BCUT2D eigenvalue weighted by Gasteiger charge is 2.19. The summed E-state index contributed by atoms with van der Waals surface area (Å²) in [5.41, 5.74) is 1.16. The maximum atomic E-state index is 12.5. The third-order valence-corrected chi connectivity index (χ3v) is 5.47. The number of fused-ring (bicyclic) bond motifs is 1. The van der Waals surface area contributed by atoms with Gasteiger partial charge in [-0.3, -0.25) is 0 Å². The van der Waals surface area contributed by atoms with E-state index in [1.165, 1.54) is 17.8 Å². The van der Waals surface area contributed by atoms with Gasteiger partial charge in [0.05, 0.1) is 0 Å². The highest BCUT2D eigenvalue weighted by Crippen LogP contribution is 2.39. The maximum Gasteiger partial charge on any atom is 0.354 e. The van der Waals surface area contributed by atoms with E-state index in [1.54, 1.807) is 18.2 Å². The lowest BCUT2D eigenvalue weighted by molar-refractivity contribution is 0.174. The molecule has 6 heteroatoms. The lowest BCUT2D eigenvalue weighted by Gasteiger charge is -2.12. The van der Waals surface area contributed by atoms with E-state index in [1.807, 2.05) is 24.3 Å². The first-order valence-corrected chi connectivity index (χ1v) is 9.38. The molecule has 2 aromatic carbocycles. The number of benzene rings is 2. The third-order valence-electron chi connectivity index (χ3n) is 4.30. The Morgan fingerprint density at radius 2 is 1.81 bits per heavy atom. The molecule has 5 nitrogen and oxygen atoms in total. The molecule has 138 valence electrons. The van der Waals surface area contributed by atoms with E-state index in [4.69, 9.17) is 13.9 Å². The van der Waals surface area contributed by atoms with E-state index < -0.39 is 5.63 Å². The summed E-state index contributed by atoms with van der Waals surface area (Å²) in [7, 11) is 0. The second-order valence-corrected chi connectivity index (χ2v) is 7.53. The first-order chi connectivity index (χ1) is 13.0. The zero-order valence-corrected chi connectivity index (χ0v) is 15.7. The fourth-order valence-electron chi connectivity index (χ4n) is 2.92. The average Bonchev–Trinajstić information content (AvgIpc) is 3.12. The predicted octanol–water partition coefficient (Wildman–Crippen LogP) is 5.02. The van der Waals surface area contributed by atoms with Gasteiger partial charge in [-0.05, 0) is 35.7 Å². The van der Waals surface area contributed by atoms with Crippen molar-refractivity contribution in [1.29, 1.82) is 0 Å². The summed E-state index contributed by atoms with van der Waals surface area (Å²) in [4.78, 5) is 13.6. The molecule has 0 fully saturated rings. The Kier molecular flexibility index (Phi) is 4.58. The van der Waals surface area contributed by atoms with E-state index in [9.17, 15) is 9.90 Å². The van der Waals surface area contributed by atoms with Gasteiger partial charge in [0, 0.05) is 16.5 Å². The van der Waals surface area contributed by atoms with Crippen molar-refractivity contribution in [2.45, 2.75) is 29.6 Å². The van der Waals surface area contributed by atoms with E-state index in [0.717, 1.165) is 10.5 Å². The van der Waals surface area contributed by atoms with Crippen molar-refractivity contribution in [3.8, 4) is 28.6 Å². The summed E-state index contributed by atoms with van der Waals surface area (Å²) in [5, 5.41) is 10.5. The van der Waals surface area contributed by atoms with Gasteiger partial charge in [-0.15, -0.1) is 0 Å². The Morgan fingerprint density at radius 3 is 2.59 bits per heavy atom.